The maximum Gasteiger partial charge on any atom is 0.417 e. The standard InChI is InChI=1S/C28H34F3N5O3S/c1-38-24-16-39-9-5-23(24)33-21-11-20-15-36(26(40)34-6-2-3-7-34)17-27(20,12-21)25(37)35-8-4-22-18(14-35)10-19(13-32-22)28(29,30)31/h2-3,6-7,10,13,20-21,23-24,33H,4-5,8-9,11-12,14-17H2,1H3/t20-,21+,23?,24?,27-/m0/s1. The van der Waals surface area contributed by atoms with Crippen molar-refractivity contribution in [1.82, 2.24) is 24.7 Å². The van der Waals surface area contributed by atoms with Crippen LogP contribution in [0.3, 0.4) is 0 Å². The smallest absolute Gasteiger partial charge is 0.379 e. The van der Waals surface area contributed by atoms with Crippen molar-refractivity contribution >= 4 is 23.2 Å². The number of ether oxygens (including phenoxy) is 2. The van der Waals surface area contributed by atoms with Crippen LogP contribution in [0.15, 0.2) is 36.8 Å². The number of methoxy groups -OCH3 is 1. The zero-order valence-corrected chi connectivity index (χ0v) is 23.2. The average Bonchev–Trinajstić information content (AvgIpc) is 3.67. The second-order valence-electron chi connectivity index (χ2n) is 11.5. The second kappa shape index (κ2) is 10.7. The number of thiocarbonyl (C=S) groups is 1. The van der Waals surface area contributed by atoms with Crippen LogP contribution < -0.4 is 5.32 Å². The summed E-state index contributed by atoms with van der Waals surface area (Å²) in [5.41, 5.74) is -0.369. The molecule has 0 radical (unpaired) electrons. The summed E-state index contributed by atoms with van der Waals surface area (Å²) in [6, 6.07) is 5.23. The fourth-order valence-corrected chi connectivity index (χ4v) is 7.37. The monoisotopic (exact) mass is 577 g/mol. The maximum atomic E-state index is 14.4. The molecule has 2 aromatic rings. The minimum atomic E-state index is -4.48. The van der Waals surface area contributed by atoms with E-state index in [1.165, 1.54) is 0 Å². The van der Waals surface area contributed by atoms with Crippen LogP contribution in [0.4, 0.5) is 13.2 Å². The molecule has 2 unspecified atom stereocenters. The lowest BCUT2D eigenvalue weighted by molar-refractivity contribution is -0.143. The van der Waals surface area contributed by atoms with Gasteiger partial charge in [-0.05, 0) is 61.2 Å². The summed E-state index contributed by atoms with van der Waals surface area (Å²) in [5, 5.41) is 4.43. The van der Waals surface area contributed by atoms with Gasteiger partial charge in [-0.2, -0.15) is 13.2 Å². The van der Waals surface area contributed by atoms with E-state index in [1.54, 1.807) is 12.0 Å². The number of hydrogen-bond donors (Lipinski definition) is 1. The summed E-state index contributed by atoms with van der Waals surface area (Å²) in [6.45, 7) is 2.91. The minimum absolute atomic E-state index is 0.00191. The third-order valence-corrected chi connectivity index (χ3v) is 9.58. The summed E-state index contributed by atoms with van der Waals surface area (Å²) in [7, 11) is 1.69. The molecule has 1 aliphatic carbocycles. The molecule has 8 nitrogen and oxygen atoms in total. The van der Waals surface area contributed by atoms with Gasteiger partial charge in [0, 0.05) is 82.7 Å². The van der Waals surface area contributed by atoms with E-state index >= 15 is 0 Å². The third kappa shape index (κ3) is 5.03. The van der Waals surface area contributed by atoms with Crippen molar-refractivity contribution in [3.63, 3.8) is 0 Å². The van der Waals surface area contributed by atoms with E-state index in [9.17, 15) is 18.0 Å². The molecule has 3 aliphatic heterocycles. The van der Waals surface area contributed by atoms with Crippen molar-refractivity contribution in [2.45, 2.75) is 56.6 Å². The molecule has 0 aromatic carbocycles. The Hall–Kier alpha value is -2.54. The molecule has 12 heteroatoms. The van der Waals surface area contributed by atoms with Gasteiger partial charge in [0.2, 0.25) is 5.91 Å². The van der Waals surface area contributed by atoms with Crippen LogP contribution in [0.5, 0.6) is 0 Å². The number of alkyl halides is 3. The zero-order valence-electron chi connectivity index (χ0n) is 22.4. The van der Waals surface area contributed by atoms with E-state index in [1.807, 2.05) is 29.1 Å². The SMILES string of the molecule is COC1COCCC1N[C@@H]1C[C@H]2CN(C(=S)n3cccc3)C[C@@]2(C(=O)N2CCc3ncc(C(F)(F)F)cc3C2)C1. The highest BCUT2D eigenvalue weighted by Crippen LogP contribution is 2.51. The fraction of sp³-hybridized carbons (Fsp3) is 0.607. The van der Waals surface area contributed by atoms with E-state index in [-0.39, 0.29) is 36.6 Å². The van der Waals surface area contributed by atoms with Crippen LogP contribution in [0.25, 0.3) is 0 Å². The number of likely N-dealkylation sites (tertiary alicyclic amines) is 1. The number of carbonyl (C=O) groups excluding carboxylic acids is 1. The van der Waals surface area contributed by atoms with Crippen molar-refractivity contribution in [1.29, 1.82) is 0 Å². The number of carbonyl (C=O) groups is 1. The number of aromatic nitrogens is 2. The zero-order chi connectivity index (χ0) is 28.1. The van der Waals surface area contributed by atoms with E-state index in [0.717, 1.165) is 25.1 Å². The van der Waals surface area contributed by atoms with Gasteiger partial charge in [-0.3, -0.25) is 9.78 Å². The Morgan fingerprint density at radius 3 is 2.83 bits per heavy atom. The van der Waals surface area contributed by atoms with E-state index in [0.29, 0.717) is 62.1 Å². The Morgan fingerprint density at radius 2 is 2.08 bits per heavy atom. The Morgan fingerprint density at radius 1 is 1.27 bits per heavy atom. The predicted molar refractivity (Wildman–Crippen MR) is 144 cm³/mol. The van der Waals surface area contributed by atoms with Gasteiger partial charge in [0.25, 0.3) is 0 Å². The first-order valence-corrected chi connectivity index (χ1v) is 14.2. The molecule has 6 rings (SSSR count). The summed E-state index contributed by atoms with van der Waals surface area (Å²) in [4.78, 5) is 22.4. The summed E-state index contributed by atoms with van der Waals surface area (Å²) in [5.74, 6) is 0.0609. The third-order valence-electron chi connectivity index (χ3n) is 9.11. The van der Waals surface area contributed by atoms with Gasteiger partial charge >= 0.3 is 6.18 Å². The normalized spacial score (nSPS) is 30.3. The van der Waals surface area contributed by atoms with Gasteiger partial charge in [-0.15, -0.1) is 0 Å². The van der Waals surface area contributed by atoms with E-state index in [2.05, 4.69) is 15.2 Å². The van der Waals surface area contributed by atoms with Gasteiger partial charge < -0.3 is 29.2 Å². The maximum absolute atomic E-state index is 14.4. The highest BCUT2D eigenvalue weighted by molar-refractivity contribution is 7.80. The van der Waals surface area contributed by atoms with Gasteiger partial charge in [0.05, 0.1) is 23.7 Å². The van der Waals surface area contributed by atoms with Gasteiger partial charge in [0.15, 0.2) is 5.11 Å². The molecule has 40 heavy (non-hydrogen) atoms. The van der Waals surface area contributed by atoms with Gasteiger partial charge in [-0.1, -0.05) is 0 Å². The predicted octanol–water partition coefficient (Wildman–Crippen LogP) is 3.09. The molecule has 0 spiro atoms. The van der Waals surface area contributed by atoms with Gasteiger partial charge in [0.1, 0.15) is 0 Å². The Kier molecular flexibility index (Phi) is 7.39. The number of halogens is 3. The van der Waals surface area contributed by atoms with Crippen LogP contribution in [0.1, 0.15) is 36.1 Å². The van der Waals surface area contributed by atoms with Crippen LogP contribution in [-0.4, -0.2) is 88.5 Å². The highest BCUT2D eigenvalue weighted by Gasteiger charge is 2.59. The largest absolute Gasteiger partial charge is 0.417 e. The first kappa shape index (κ1) is 27.6. The van der Waals surface area contributed by atoms with E-state index < -0.39 is 17.2 Å². The topological polar surface area (TPSA) is 71.9 Å². The summed E-state index contributed by atoms with van der Waals surface area (Å²) < 4.78 is 53.3. The molecule has 5 heterocycles. The quantitative estimate of drug-likeness (QED) is 0.560. The number of rotatable bonds is 4. The first-order chi connectivity index (χ1) is 19.2. The number of fused-ring (bicyclic) bond motifs is 2. The highest BCUT2D eigenvalue weighted by atomic mass is 32.1. The molecule has 1 N–H and O–H groups in total. The molecular weight excluding hydrogens is 543 g/mol. The van der Waals surface area contributed by atoms with Gasteiger partial charge in [-0.25, -0.2) is 0 Å². The summed E-state index contributed by atoms with van der Waals surface area (Å²) >= 11 is 5.80. The molecule has 5 atom stereocenters. The molecule has 1 saturated carbocycles. The number of hydrogen-bond acceptors (Lipinski definition) is 6. The number of pyridine rings is 1. The number of nitrogens with zero attached hydrogens (tertiary/aromatic N) is 4. The molecule has 216 valence electrons. The van der Waals surface area contributed by atoms with Crippen LogP contribution in [0, 0.1) is 11.3 Å². The lowest BCUT2D eigenvalue weighted by Gasteiger charge is -2.38. The molecule has 2 aromatic heterocycles. The average molecular weight is 578 g/mol. The van der Waals surface area contributed by atoms with Crippen molar-refractivity contribution < 1.29 is 27.4 Å². The summed E-state index contributed by atoms with van der Waals surface area (Å²) in [6.07, 6.45) is 2.88. The van der Waals surface area contributed by atoms with Crippen LogP contribution in [0.2, 0.25) is 0 Å². The Labute approximate surface area is 236 Å². The minimum Gasteiger partial charge on any atom is -0.379 e. The Bertz CT molecular complexity index is 1260. The fourth-order valence-electron chi connectivity index (χ4n) is 7.11. The van der Waals surface area contributed by atoms with Crippen molar-refractivity contribution in [3.05, 3.63) is 53.6 Å². The molecular formula is C28H34F3N5O3S. The lowest BCUT2D eigenvalue weighted by Crippen LogP contribution is -2.52. The van der Waals surface area contributed by atoms with Crippen LogP contribution in [-0.2, 0) is 33.4 Å². The van der Waals surface area contributed by atoms with Crippen molar-refractivity contribution in [2.24, 2.45) is 11.3 Å². The molecule has 1 amide bonds. The second-order valence-corrected chi connectivity index (χ2v) is 11.8. The molecule has 0 bridgehead atoms. The molecule has 2 saturated heterocycles. The molecule has 4 aliphatic rings. The van der Waals surface area contributed by atoms with Crippen molar-refractivity contribution in [3.8, 4) is 0 Å². The number of amides is 1. The first-order valence-electron chi connectivity index (χ1n) is 13.8. The molecule has 3 fully saturated rings. The number of nitrogens with one attached hydrogen (secondary N) is 1. The van der Waals surface area contributed by atoms with Crippen LogP contribution >= 0.6 is 12.2 Å². The lowest BCUT2D eigenvalue weighted by atomic mass is 9.78. The van der Waals surface area contributed by atoms with Crippen molar-refractivity contribution in [2.75, 3.05) is 40.0 Å². The Balaban J connectivity index is 1.25. The van der Waals surface area contributed by atoms with E-state index in [4.69, 9.17) is 21.7 Å².